The summed E-state index contributed by atoms with van der Waals surface area (Å²) in [6.07, 6.45) is 2.45. The average Bonchev–Trinajstić information content (AvgIpc) is 2.89. The summed E-state index contributed by atoms with van der Waals surface area (Å²) in [6.45, 7) is 2.31. The van der Waals surface area contributed by atoms with Crippen molar-refractivity contribution in [1.29, 1.82) is 0 Å². The number of nitrogens with zero attached hydrogens (tertiary/aromatic N) is 3. The molecule has 0 aliphatic rings. The predicted molar refractivity (Wildman–Crippen MR) is 65.2 cm³/mol. The summed E-state index contributed by atoms with van der Waals surface area (Å²) in [4.78, 5) is 11.5. The minimum atomic E-state index is -0.312. The highest BCUT2D eigenvalue weighted by Gasteiger charge is 2.06. The van der Waals surface area contributed by atoms with E-state index in [4.69, 9.17) is 4.52 Å². The van der Waals surface area contributed by atoms with Crippen LogP contribution in [0.2, 0.25) is 0 Å². The lowest BCUT2D eigenvalue weighted by molar-refractivity contribution is 0.251. The maximum absolute atomic E-state index is 11.5. The average molecular weight is 249 g/mol. The lowest BCUT2D eigenvalue weighted by atomic mass is 10.3. The monoisotopic (exact) mass is 249 g/mol. The fourth-order valence-electron chi connectivity index (χ4n) is 1.53. The van der Waals surface area contributed by atoms with Gasteiger partial charge < -0.3 is 9.84 Å². The fraction of sp³-hybridized carbons (Fsp3) is 0.364. The van der Waals surface area contributed by atoms with Crippen LogP contribution in [0.1, 0.15) is 11.4 Å². The molecule has 2 aromatic heterocycles. The van der Waals surface area contributed by atoms with Crippen LogP contribution in [0.3, 0.4) is 0 Å². The third-order valence-corrected chi connectivity index (χ3v) is 2.45. The molecule has 0 aliphatic heterocycles. The lowest BCUT2D eigenvalue weighted by Gasteiger charge is -2.05. The number of hydrogen-bond donors (Lipinski definition) is 2. The summed E-state index contributed by atoms with van der Waals surface area (Å²) in [5, 5.41) is 13.0. The number of rotatable bonds is 4. The highest BCUT2D eigenvalue weighted by Crippen LogP contribution is 2.07. The van der Waals surface area contributed by atoms with Gasteiger partial charge in [-0.1, -0.05) is 5.16 Å². The Kier molecular flexibility index (Phi) is 3.61. The Hall–Kier alpha value is -2.31. The second kappa shape index (κ2) is 5.35. The number of carbonyl (C=O) groups excluding carboxylic acids is 1. The van der Waals surface area contributed by atoms with Crippen molar-refractivity contribution >= 4 is 11.9 Å². The van der Waals surface area contributed by atoms with E-state index < -0.39 is 0 Å². The molecule has 2 heterocycles. The number of carbonyl (C=O) groups is 1. The summed E-state index contributed by atoms with van der Waals surface area (Å²) in [5.74, 6) is 0.338. The first-order valence-corrected chi connectivity index (χ1v) is 5.60. The molecular formula is C11H15N5O2. The summed E-state index contributed by atoms with van der Waals surface area (Å²) in [5.41, 5.74) is 1.78. The third-order valence-electron chi connectivity index (χ3n) is 2.45. The molecular weight excluding hydrogens is 234 g/mol. The molecule has 2 N–H and O–H groups in total. The van der Waals surface area contributed by atoms with Crippen LogP contribution in [0.5, 0.6) is 0 Å². The van der Waals surface area contributed by atoms with E-state index in [2.05, 4.69) is 20.9 Å². The molecule has 18 heavy (non-hydrogen) atoms. The van der Waals surface area contributed by atoms with E-state index in [0.29, 0.717) is 12.4 Å². The number of hydrogen-bond acceptors (Lipinski definition) is 4. The SMILES string of the molecule is Cc1cc(NC(=O)NCCc2ccnn2C)on1. The number of aryl methyl sites for hydroxylation is 2. The lowest BCUT2D eigenvalue weighted by Crippen LogP contribution is -2.30. The summed E-state index contributed by atoms with van der Waals surface area (Å²) < 4.78 is 6.65. The van der Waals surface area contributed by atoms with E-state index in [-0.39, 0.29) is 6.03 Å². The van der Waals surface area contributed by atoms with E-state index >= 15 is 0 Å². The molecule has 0 spiro atoms. The van der Waals surface area contributed by atoms with E-state index in [1.54, 1.807) is 23.9 Å². The van der Waals surface area contributed by atoms with Gasteiger partial charge in [-0.05, 0) is 13.0 Å². The molecule has 2 aromatic rings. The number of nitrogens with one attached hydrogen (secondary N) is 2. The largest absolute Gasteiger partial charge is 0.338 e. The molecule has 0 radical (unpaired) electrons. The van der Waals surface area contributed by atoms with Crippen molar-refractivity contribution in [2.24, 2.45) is 7.05 Å². The molecule has 96 valence electrons. The van der Waals surface area contributed by atoms with Crippen molar-refractivity contribution < 1.29 is 9.32 Å². The van der Waals surface area contributed by atoms with Gasteiger partial charge in [-0.15, -0.1) is 0 Å². The number of amides is 2. The minimum absolute atomic E-state index is 0.312. The predicted octanol–water partition coefficient (Wildman–Crippen LogP) is 1.08. The zero-order valence-corrected chi connectivity index (χ0v) is 10.3. The molecule has 0 aromatic carbocycles. The van der Waals surface area contributed by atoms with E-state index in [0.717, 1.165) is 17.8 Å². The van der Waals surface area contributed by atoms with E-state index in [9.17, 15) is 4.79 Å². The second-order valence-corrected chi connectivity index (χ2v) is 3.91. The van der Waals surface area contributed by atoms with Crippen molar-refractivity contribution in [1.82, 2.24) is 20.3 Å². The zero-order valence-electron chi connectivity index (χ0n) is 10.3. The Labute approximate surface area is 104 Å². The Morgan fingerprint density at radius 2 is 2.39 bits per heavy atom. The van der Waals surface area contributed by atoms with Gasteiger partial charge in [0.15, 0.2) is 0 Å². The van der Waals surface area contributed by atoms with Crippen molar-refractivity contribution in [2.45, 2.75) is 13.3 Å². The second-order valence-electron chi connectivity index (χ2n) is 3.91. The molecule has 0 unspecified atom stereocenters. The first-order valence-electron chi connectivity index (χ1n) is 5.60. The minimum Gasteiger partial charge on any atom is -0.338 e. The van der Waals surface area contributed by atoms with Gasteiger partial charge in [-0.2, -0.15) is 5.10 Å². The first-order chi connectivity index (χ1) is 8.65. The van der Waals surface area contributed by atoms with Gasteiger partial charge in [-0.25, -0.2) is 4.79 Å². The van der Waals surface area contributed by atoms with Crippen LogP contribution >= 0.6 is 0 Å². The van der Waals surface area contributed by atoms with Gasteiger partial charge in [0.25, 0.3) is 0 Å². The molecule has 0 saturated heterocycles. The maximum Gasteiger partial charge on any atom is 0.321 e. The number of urea groups is 1. The molecule has 2 amide bonds. The third kappa shape index (κ3) is 3.09. The van der Waals surface area contributed by atoms with Crippen molar-refractivity contribution in [2.75, 3.05) is 11.9 Å². The molecule has 0 atom stereocenters. The van der Waals surface area contributed by atoms with Crippen LogP contribution in [-0.2, 0) is 13.5 Å². The molecule has 0 aliphatic carbocycles. The molecule has 0 fully saturated rings. The van der Waals surface area contributed by atoms with Crippen LogP contribution in [0, 0.1) is 6.92 Å². The summed E-state index contributed by atoms with van der Waals surface area (Å²) >= 11 is 0. The molecule has 2 rings (SSSR count). The van der Waals surface area contributed by atoms with Crippen molar-refractivity contribution in [3.63, 3.8) is 0 Å². The van der Waals surface area contributed by atoms with Gasteiger partial charge in [0.1, 0.15) is 0 Å². The van der Waals surface area contributed by atoms with Crippen molar-refractivity contribution in [3.05, 3.63) is 29.7 Å². The Morgan fingerprint density at radius 1 is 1.56 bits per heavy atom. The van der Waals surface area contributed by atoms with Gasteiger partial charge in [0.05, 0.1) is 5.69 Å². The highest BCUT2D eigenvalue weighted by molar-refractivity contribution is 5.87. The topological polar surface area (TPSA) is 85.0 Å². The highest BCUT2D eigenvalue weighted by atomic mass is 16.5. The normalized spacial score (nSPS) is 10.3. The van der Waals surface area contributed by atoms with Crippen LogP contribution in [0.15, 0.2) is 22.9 Å². The molecule has 0 bridgehead atoms. The molecule has 7 heteroatoms. The van der Waals surface area contributed by atoms with Gasteiger partial charge in [0, 0.05) is 38.0 Å². The fourth-order valence-corrected chi connectivity index (χ4v) is 1.53. The Bertz CT molecular complexity index is 531. The van der Waals surface area contributed by atoms with E-state index in [1.165, 1.54) is 0 Å². The quantitative estimate of drug-likeness (QED) is 0.849. The van der Waals surface area contributed by atoms with Gasteiger partial charge >= 0.3 is 6.03 Å². The standard InChI is InChI=1S/C11H15N5O2/c1-8-7-10(18-15-8)14-11(17)12-5-3-9-4-6-13-16(9)2/h4,6-7H,3,5H2,1-2H3,(H2,12,14,17). The van der Waals surface area contributed by atoms with Gasteiger partial charge in [0.2, 0.25) is 5.88 Å². The smallest absolute Gasteiger partial charge is 0.321 e. The first kappa shape index (κ1) is 12.2. The van der Waals surface area contributed by atoms with Crippen LogP contribution < -0.4 is 10.6 Å². The maximum atomic E-state index is 11.5. The molecule has 0 saturated carbocycles. The van der Waals surface area contributed by atoms with Crippen LogP contribution in [0.25, 0.3) is 0 Å². The summed E-state index contributed by atoms with van der Waals surface area (Å²) in [7, 11) is 1.87. The zero-order chi connectivity index (χ0) is 13.0. The summed E-state index contributed by atoms with van der Waals surface area (Å²) in [6, 6.07) is 3.26. The van der Waals surface area contributed by atoms with Crippen LogP contribution in [0.4, 0.5) is 10.7 Å². The Morgan fingerprint density at radius 3 is 3.00 bits per heavy atom. The number of anilines is 1. The number of aromatic nitrogens is 3. The van der Waals surface area contributed by atoms with Gasteiger partial charge in [-0.3, -0.25) is 10.00 Å². The Balaban J connectivity index is 1.74. The van der Waals surface area contributed by atoms with Crippen LogP contribution in [-0.4, -0.2) is 27.5 Å². The molecule has 7 nitrogen and oxygen atoms in total. The van der Waals surface area contributed by atoms with Crippen molar-refractivity contribution in [3.8, 4) is 0 Å². The van der Waals surface area contributed by atoms with E-state index in [1.807, 2.05) is 13.1 Å².